The number of benzene rings is 1. The minimum atomic E-state index is -0.177. The summed E-state index contributed by atoms with van der Waals surface area (Å²) in [4.78, 5) is 6.87. The first-order valence-corrected chi connectivity index (χ1v) is 8.41. The number of nitrogens with one attached hydrogen (secondary N) is 2. The molecule has 0 aliphatic rings. The predicted octanol–water partition coefficient (Wildman–Crippen LogP) is 2.57. The van der Waals surface area contributed by atoms with Crippen LogP contribution in [0.2, 0.25) is 0 Å². The van der Waals surface area contributed by atoms with Crippen LogP contribution in [-0.4, -0.2) is 50.1 Å². The highest BCUT2D eigenvalue weighted by Gasteiger charge is 2.03. The highest BCUT2D eigenvalue weighted by molar-refractivity contribution is 5.79. The summed E-state index contributed by atoms with van der Waals surface area (Å²) in [6.45, 7) is 11.7. The first-order valence-electron chi connectivity index (χ1n) is 8.41. The molecule has 0 radical (unpaired) electrons. The van der Waals surface area contributed by atoms with Crippen molar-refractivity contribution < 1.29 is 4.39 Å². The number of hydrogen-bond donors (Lipinski definition) is 2. The first kappa shape index (κ1) is 19.4. The van der Waals surface area contributed by atoms with Crippen molar-refractivity contribution in [1.29, 1.82) is 0 Å². The maximum absolute atomic E-state index is 13.1. The minimum Gasteiger partial charge on any atom is -0.357 e. The van der Waals surface area contributed by atoms with E-state index in [2.05, 4.69) is 48.3 Å². The molecular formula is C18H31FN4. The second kappa shape index (κ2) is 10.2. The molecule has 0 aliphatic heterocycles. The Morgan fingerprint density at radius 1 is 1.30 bits per heavy atom. The van der Waals surface area contributed by atoms with Gasteiger partial charge in [-0.15, -0.1) is 0 Å². The van der Waals surface area contributed by atoms with Gasteiger partial charge in [0.1, 0.15) is 5.82 Å². The van der Waals surface area contributed by atoms with Gasteiger partial charge in [0.15, 0.2) is 5.96 Å². The van der Waals surface area contributed by atoms with E-state index in [1.807, 2.05) is 13.0 Å². The molecule has 0 fully saturated rings. The van der Waals surface area contributed by atoms with Gasteiger partial charge in [0.05, 0.1) is 6.54 Å². The van der Waals surface area contributed by atoms with Crippen molar-refractivity contribution in [2.75, 3.05) is 33.2 Å². The zero-order valence-electron chi connectivity index (χ0n) is 15.1. The topological polar surface area (TPSA) is 39.7 Å². The number of hydrogen-bond acceptors (Lipinski definition) is 2. The molecule has 1 aromatic carbocycles. The van der Waals surface area contributed by atoms with Crippen LogP contribution in [0, 0.1) is 12.7 Å². The molecule has 5 heteroatoms. The number of nitrogens with zero attached hydrogens (tertiary/aromatic N) is 2. The number of aryl methyl sites for hydroxylation is 1. The Morgan fingerprint density at radius 2 is 2.04 bits per heavy atom. The number of likely N-dealkylation sites (N-methyl/N-ethyl adjacent to an activating group) is 1. The van der Waals surface area contributed by atoms with Crippen molar-refractivity contribution in [2.45, 2.75) is 40.2 Å². The van der Waals surface area contributed by atoms with Gasteiger partial charge in [-0.3, -0.25) is 4.99 Å². The van der Waals surface area contributed by atoms with Crippen molar-refractivity contribution in [3.05, 3.63) is 35.1 Å². The maximum atomic E-state index is 13.1. The molecule has 0 spiro atoms. The molecule has 130 valence electrons. The van der Waals surface area contributed by atoms with Crippen molar-refractivity contribution in [1.82, 2.24) is 15.5 Å². The lowest BCUT2D eigenvalue weighted by atomic mass is 10.1. The second-order valence-electron chi connectivity index (χ2n) is 6.08. The van der Waals surface area contributed by atoms with E-state index in [-0.39, 0.29) is 5.82 Å². The van der Waals surface area contributed by atoms with Crippen molar-refractivity contribution >= 4 is 5.96 Å². The van der Waals surface area contributed by atoms with Gasteiger partial charge in [0.25, 0.3) is 0 Å². The summed E-state index contributed by atoms with van der Waals surface area (Å²) >= 11 is 0. The molecule has 0 heterocycles. The van der Waals surface area contributed by atoms with Gasteiger partial charge in [-0.1, -0.05) is 6.07 Å². The molecule has 0 saturated carbocycles. The molecule has 0 saturated heterocycles. The van der Waals surface area contributed by atoms with Crippen LogP contribution < -0.4 is 10.6 Å². The Kier molecular flexibility index (Phi) is 8.62. The van der Waals surface area contributed by atoms with E-state index in [9.17, 15) is 4.39 Å². The summed E-state index contributed by atoms with van der Waals surface area (Å²) < 4.78 is 13.1. The fourth-order valence-corrected chi connectivity index (χ4v) is 2.17. The summed E-state index contributed by atoms with van der Waals surface area (Å²) in [6, 6.07) is 5.48. The third kappa shape index (κ3) is 7.46. The molecule has 0 amide bonds. The van der Waals surface area contributed by atoms with E-state index >= 15 is 0 Å². The zero-order chi connectivity index (χ0) is 17.2. The van der Waals surface area contributed by atoms with E-state index in [0.29, 0.717) is 6.04 Å². The summed E-state index contributed by atoms with van der Waals surface area (Å²) in [5.41, 5.74) is 2.15. The average Bonchev–Trinajstić information content (AvgIpc) is 2.49. The molecule has 23 heavy (non-hydrogen) atoms. The van der Waals surface area contributed by atoms with Crippen LogP contribution >= 0.6 is 0 Å². The summed E-state index contributed by atoms with van der Waals surface area (Å²) in [5.74, 6) is 0.660. The van der Waals surface area contributed by atoms with E-state index < -0.39 is 0 Å². The Hall–Kier alpha value is -1.62. The Labute approximate surface area is 140 Å². The molecule has 0 unspecified atom stereocenters. The molecular weight excluding hydrogens is 291 g/mol. The monoisotopic (exact) mass is 322 g/mol. The third-order valence-corrected chi connectivity index (χ3v) is 3.94. The molecule has 2 N–H and O–H groups in total. The maximum Gasteiger partial charge on any atom is 0.191 e. The van der Waals surface area contributed by atoms with Crippen LogP contribution in [0.1, 0.15) is 31.9 Å². The van der Waals surface area contributed by atoms with Crippen LogP contribution in [0.5, 0.6) is 0 Å². The van der Waals surface area contributed by atoms with E-state index in [4.69, 9.17) is 0 Å². The van der Waals surface area contributed by atoms with Crippen molar-refractivity contribution in [2.24, 2.45) is 4.99 Å². The van der Waals surface area contributed by atoms with Crippen LogP contribution in [-0.2, 0) is 6.42 Å². The van der Waals surface area contributed by atoms with Crippen LogP contribution in [0.25, 0.3) is 0 Å². The highest BCUT2D eigenvalue weighted by atomic mass is 19.1. The molecule has 0 aliphatic carbocycles. The van der Waals surface area contributed by atoms with Gasteiger partial charge in [-0.2, -0.15) is 0 Å². The summed E-state index contributed by atoms with van der Waals surface area (Å²) in [7, 11) is 2.11. The molecule has 0 bridgehead atoms. The van der Waals surface area contributed by atoms with Gasteiger partial charge in [0, 0.05) is 25.7 Å². The Balaban J connectivity index is 2.46. The molecule has 0 aromatic heterocycles. The Morgan fingerprint density at radius 3 is 2.65 bits per heavy atom. The van der Waals surface area contributed by atoms with Crippen molar-refractivity contribution in [3.8, 4) is 0 Å². The SMILES string of the molecule is CCNC(=NCCN(C)C(C)C)NCCc1ccc(F)cc1C. The van der Waals surface area contributed by atoms with E-state index in [0.717, 1.165) is 49.7 Å². The average molecular weight is 322 g/mol. The standard InChI is InChI=1S/C18H31FN4/c1-6-20-18(22-11-12-23(5)14(2)3)21-10-9-16-7-8-17(19)13-15(16)4/h7-8,13-14H,6,9-12H2,1-5H3,(H2,20,21,22). The highest BCUT2D eigenvalue weighted by Crippen LogP contribution is 2.10. The minimum absolute atomic E-state index is 0.177. The number of halogens is 1. The Bertz CT molecular complexity index is 500. The summed E-state index contributed by atoms with van der Waals surface area (Å²) in [5, 5.41) is 6.60. The van der Waals surface area contributed by atoms with Crippen LogP contribution in [0.15, 0.2) is 23.2 Å². The quantitative estimate of drug-likeness (QED) is 0.571. The lowest BCUT2D eigenvalue weighted by Gasteiger charge is -2.20. The number of guanidine groups is 1. The smallest absolute Gasteiger partial charge is 0.191 e. The second-order valence-corrected chi connectivity index (χ2v) is 6.08. The molecule has 4 nitrogen and oxygen atoms in total. The van der Waals surface area contributed by atoms with Crippen LogP contribution in [0.4, 0.5) is 4.39 Å². The first-order chi connectivity index (χ1) is 10.9. The van der Waals surface area contributed by atoms with Crippen molar-refractivity contribution in [3.63, 3.8) is 0 Å². The van der Waals surface area contributed by atoms with Gasteiger partial charge >= 0.3 is 0 Å². The third-order valence-electron chi connectivity index (χ3n) is 3.94. The lowest BCUT2D eigenvalue weighted by Crippen LogP contribution is -2.39. The van der Waals surface area contributed by atoms with Gasteiger partial charge in [-0.05, 0) is 64.4 Å². The fraction of sp³-hybridized carbons (Fsp3) is 0.611. The molecule has 0 atom stereocenters. The van der Waals surface area contributed by atoms with Gasteiger partial charge < -0.3 is 15.5 Å². The number of aliphatic imine (C=N–C) groups is 1. The van der Waals surface area contributed by atoms with Gasteiger partial charge in [-0.25, -0.2) is 4.39 Å². The van der Waals surface area contributed by atoms with E-state index in [1.54, 1.807) is 6.07 Å². The largest absolute Gasteiger partial charge is 0.357 e. The van der Waals surface area contributed by atoms with Gasteiger partial charge in [0.2, 0.25) is 0 Å². The van der Waals surface area contributed by atoms with E-state index in [1.165, 1.54) is 6.07 Å². The normalized spacial score (nSPS) is 12.1. The molecule has 1 rings (SSSR count). The number of rotatable bonds is 8. The fourth-order valence-electron chi connectivity index (χ4n) is 2.17. The zero-order valence-corrected chi connectivity index (χ0v) is 15.1. The predicted molar refractivity (Wildman–Crippen MR) is 96.6 cm³/mol. The lowest BCUT2D eigenvalue weighted by molar-refractivity contribution is 0.282. The van der Waals surface area contributed by atoms with Crippen LogP contribution in [0.3, 0.4) is 0 Å². The summed E-state index contributed by atoms with van der Waals surface area (Å²) in [6.07, 6.45) is 0.850. The molecule has 1 aromatic rings.